The molecule has 2 aromatic heterocycles. The molecule has 1 N–H and O–H groups in total. The van der Waals surface area contributed by atoms with Crippen molar-refractivity contribution in [2.24, 2.45) is 0 Å². The summed E-state index contributed by atoms with van der Waals surface area (Å²) in [4.78, 5) is 21.1. The third-order valence-electron chi connectivity index (χ3n) is 1.32. The van der Waals surface area contributed by atoms with Crippen molar-refractivity contribution < 1.29 is 0 Å². The van der Waals surface area contributed by atoms with Gasteiger partial charge in [-0.1, -0.05) is 0 Å². The largest absolute Gasteiger partial charge is 0.349 e. The lowest BCUT2D eigenvalue weighted by molar-refractivity contribution is 0.805. The molecule has 2 aromatic rings. The fourth-order valence-electron chi connectivity index (χ4n) is 0.819. The molecule has 0 bridgehead atoms. The van der Waals surface area contributed by atoms with Gasteiger partial charge in [-0.15, -0.1) is 0 Å². The van der Waals surface area contributed by atoms with Crippen molar-refractivity contribution >= 4 is 0 Å². The summed E-state index contributed by atoms with van der Waals surface area (Å²) in [6.07, 6.45) is 5.79. The summed E-state index contributed by atoms with van der Waals surface area (Å²) in [6, 6.07) is 0. The second-order valence-corrected chi connectivity index (χ2v) is 2.07. The highest BCUT2D eigenvalue weighted by Crippen LogP contribution is 1.91. The molecule has 0 amide bonds. The van der Waals surface area contributed by atoms with Gasteiger partial charge < -0.3 is 0 Å². The van der Waals surface area contributed by atoms with E-state index in [0.717, 1.165) is 4.68 Å². The van der Waals surface area contributed by atoms with Crippen LogP contribution in [0.25, 0.3) is 5.82 Å². The Morgan fingerprint density at radius 2 is 2.33 bits per heavy atom. The van der Waals surface area contributed by atoms with Crippen molar-refractivity contribution in [1.29, 1.82) is 0 Å². The molecule has 0 unspecified atom stereocenters. The van der Waals surface area contributed by atoms with Crippen LogP contribution in [0.15, 0.2) is 29.7 Å². The zero-order chi connectivity index (χ0) is 8.39. The van der Waals surface area contributed by atoms with Crippen LogP contribution in [0, 0.1) is 0 Å². The average molecular weight is 163 g/mol. The molecular formula is C6H5N5O. The molecular weight excluding hydrogens is 158 g/mol. The van der Waals surface area contributed by atoms with Gasteiger partial charge in [0.1, 0.15) is 6.33 Å². The lowest BCUT2D eigenvalue weighted by atomic mass is 10.7. The minimum atomic E-state index is -0.324. The van der Waals surface area contributed by atoms with E-state index in [9.17, 15) is 4.79 Å². The molecule has 0 saturated heterocycles. The third-order valence-corrected chi connectivity index (χ3v) is 1.32. The predicted molar refractivity (Wildman–Crippen MR) is 39.8 cm³/mol. The first-order valence-electron chi connectivity index (χ1n) is 3.27. The topological polar surface area (TPSA) is 76.5 Å². The second-order valence-electron chi connectivity index (χ2n) is 2.07. The van der Waals surface area contributed by atoms with Gasteiger partial charge in [-0.2, -0.15) is 9.78 Å². The van der Waals surface area contributed by atoms with Crippen molar-refractivity contribution in [3.8, 4) is 5.82 Å². The average Bonchev–Trinajstić information content (AvgIpc) is 2.53. The van der Waals surface area contributed by atoms with E-state index < -0.39 is 0 Å². The minimum Gasteiger partial charge on any atom is -0.295 e. The number of aromatic nitrogens is 5. The molecule has 6 heteroatoms. The van der Waals surface area contributed by atoms with Gasteiger partial charge in [0.25, 0.3) is 0 Å². The third kappa shape index (κ3) is 0.986. The molecule has 0 atom stereocenters. The second kappa shape index (κ2) is 2.57. The Labute approximate surface area is 66.9 Å². The van der Waals surface area contributed by atoms with Crippen LogP contribution in [0.1, 0.15) is 0 Å². The molecule has 2 rings (SSSR count). The predicted octanol–water partition coefficient (Wildman–Crippen LogP) is -0.649. The summed E-state index contributed by atoms with van der Waals surface area (Å²) in [5.74, 6) is 0.406. The van der Waals surface area contributed by atoms with E-state index in [2.05, 4.69) is 20.1 Å². The maximum absolute atomic E-state index is 11.0. The van der Waals surface area contributed by atoms with Crippen LogP contribution in [0.5, 0.6) is 0 Å². The number of aromatic amines is 1. The van der Waals surface area contributed by atoms with Crippen molar-refractivity contribution in [2.45, 2.75) is 0 Å². The van der Waals surface area contributed by atoms with Crippen LogP contribution in [0.3, 0.4) is 0 Å². The van der Waals surface area contributed by atoms with Gasteiger partial charge in [-0.25, -0.2) is 9.78 Å². The highest BCUT2D eigenvalue weighted by molar-refractivity contribution is 5.12. The van der Waals surface area contributed by atoms with E-state index in [1.807, 2.05) is 0 Å². The number of rotatable bonds is 1. The van der Waals surface area contributed by atoms with Crippen molar-refractivity contribution in [3.05, 3.63) is 35.4 Å². The van der Waals surface area contributed by atoms with E-state index in [-0.39, 0.29) is 5.69 Å². The standard InChI is InChI=1S/C6H5N5O/c12-6-9-4-10-11(6)5-3-7-1-2-8-5/h1-4H,(H,9,10,12). The van der Waals surface area contributed by atoms with Crippen LogP contribution in [0.2, 0.25) is 0 Å². The molecule has 0 aromatic carbocycles. The first-order chi connectivity index (χ1) is 5.88. The molecule has 2 heterocycles. The Hall–Kier alpha value is -1.98. The smallest absolute Gasteiger partial charge is 0.295 e. The number of H-pyrrole nitrogens is 1. The Balaban J connectivity index is 2.59. The quantitative estimate of drug-likeness (QED) is 0.606. The van der Waals surface area contributed by atoms with Gasteiger partial charge in [0.15, 0.2) is 5.82 Å². The van der Waals surface area contributed by atoms with E-state index in [0.29, 0.717) is 5.82 Å². The maximum Gasteiger partial charge on any atom is 0.349 e. The number of nitrogens with zero attached hydrogens (tertiary/aromatic N) is 4. The van der Waals surface area contributed by atoms with E-state index in [1.54, 1.807) is 0 Å². The molecule has 0 spiro atoms. The summed E-state index contributed by atoms with van der Waals surface area (Å²) < 4.78 is 1.13. The van der Waals surface area contributed by atoms with Gasteiger partial charge >= 0.3 is 5.69 Å². The van der Waals surface area contributed by atoms with Gasteiger partial charge in [0, 0.05) is 12.4 Å². The van der Waals surface area contributed by atoms with Crippen LogP contribution in [-0.2, 0) is 0 Å². The number of hydrogen-bond acceptors (Lipinski definition) is 4. The SMILES string of the molecule is O=c1[nH]cnn1-c1cnccn1. The first-order valence-corrected chi connectivity index (χ1v) is 3.27. The van der Waals surface area contributed by atoms with Crippen molar-refractivity contribution in [1.82, 2.24) is 24.7 Å². The van der Waals surface area contributed by atoms with Crippen LogP contribution in [0.4, 0.5) is 0 Å². The monoisotopic (exact) mass is 163 g/mol. The van der Waals surface area contributed by atoms with Gasteiger partial charge in [-0.05, 0) is 0 Å². The molecule has 6 nitrogen and oxygen atoms in total. The Kier molecular flexibility index (Phi) is 1.44. The molecule has 0 aliphatic rings. The zero-order valence-corrected chi connectivity index (χ0v) is 6.01. The maximum atomic E-state index is 11.0. The Bertz CT molecular complexity index is 417. The number of hydrogen-bond donors (Lipinski definition) is 1. The lowest BCUT2D eigenvalue weighted by Gasteiger charge is -1.93. The lowest BCUT2D eigenvalue weighted by Crippen LogP contribution is -2.17. The molecule has 0 aliphatic carbocycles. The van der Waals surface area contributed by atoms with Gasteiger partial charge in [0.2, 0.25) is 0 Å². The van der Waals surface area contributed by atoms with E-state index in [4.69, 9.17) is 0 Å². The summed E-state index contributed by atoms with van der Waals surface area (Å²) in [6.45, 7) is 0. The van der Waals surface area contributed by atoms with Crippen molar-refractivity contribution in [2.75, 3.05) is 0 Å². The number of nitrogens with one attached hydrogen (secondary N) is 1. The fourth-order valence-corrected chi connectivity index (χ4v) is 0.819. The van der Waals surface area contributed by atoms with Gasteiger partial charge in [-0.3, -0.25) is 9.97 Å². The van der Waals surface area contributed by atoms with E-state index >= 15 is 0 Å². The normalized spacial score (nSPS) is 10.0. The van der Waals surface area contributed by atoms with Crippen LogP contribution >= 0.6 is 0 Å². The molecule has 60 valence electrons. The molecule has 0 fully saturated rings. The first kappa shape index (κ1) is 6.71. The van der Waals surface area contributed by atoms with E-state index in [1.165, 1.54) is 24.9 Å². The van der Waals surface area contributed by atoms with Crippen LogP contribution in [-0.4, -0.2) is 24.7 Å². The summed E-state index contributed by atoms with van der Waals surface area (Å²) in [7, 11) is 0. The van der Waals surface area contributed by atoms with Crippen LogP contribution < -0.4 is 5.69 Å². The van der Waals surface area contributed by atoms with Crippen molar-refractivity contribution in [3.63, 3.8) is 0 Å². The summed E-state index contributed by atoms with van der Waals surface area (Å²) in [5.41, 5.74) is -0.324. The highest BCUT2D eigenvalue weighted by Gasteiger charge is 2.00. The summed E-state index contributed by atoms with van der Waals surface area (Å²) >= 11 is 0. The zero-order valence-electron chi connectivity index (χ0n) is 6.01. The molecule has 0 radical (unpaired) electrons. The minimum absolute atomic E-state index is 0.324. The Morgan fingerprint density at radius 3 is 2.92 bits per heavy atom. The van der Waals surface area contributed by atoms with Gasteiger partial charge in [0.05, 0.1) is 6.20 Å². The summed E-state index contributed by atoms with van der Waals surface area (Å²) in [5, 5.41) is 3.73. The Morgan fingerprint density at radius 1 is 1.42 bits per heavy atom. The highest BCUT2D eigenvalue weighted by atomic mass is 16.1. The molecule has 0 saturated carbocycles. The molecule has 12 heavy (non-hydrogen) atoms. The molecule has 0 aliphatic heterocycles. The fraction of sp³-hybridized carbons (Fsp3) is 0.